The molecule has 1 heterocycles. The fraction of sp³-hybridized carbons (Fsp3) is 0.667. The maximum atomic E-state index is 11.6. The number of hydrogen-bond acceptors (Lipinski definition) is 4. The smallest absolute Gasteiger partial charge is 0.141 e. The molecule has 3 nitrogen and oxygen atoms in total. The van der Waals surface area contributed by atoms with Crippen LogP contribution < -0.4 is 0 Å². The number of ketones is 1. The molecular weight excluding hydrogens is 222 g/mol. The molecule has 0 atom stereocenters. The van der Waals surface area contributed by atoms with Crippen molar-refractivity contribution >= 4 is 17.1 Å². The van der Waals surface area contributed by atoms with Gasteiger partial charge in [-0.3, -0.25) is 4.79 Å². The van der Waals surface area contributed by atoms with Crippen LogP contribution in [0.1, 0.15) is 35.3 Å². The van der Waals surface area contributed by atoms with Gasteiger partial charge < -0.3 is 4.74 Å². The Morgan fingerprint density at radius 1 is 1.38 bits per heavy atom. The highest BCUT2D eigenvalue weighted by atomic mass is 32.1. The average Bonchev–Trinajstić information content (AvgIpc) is 2.53. The van der Waals surface area contributed by atoms with Gasteiger partial charge in [0, 0.05) is 17.9 Å². The van der Waals surface area contributed by atoms with Crippen LogP contribution in [0.2, 0.25) is 0 Å². The molecule has 0 fully saturated rings. The molecule has 0 aliphatic heterocycles. The molecule has 0 radical (unpaired) electrons. The standard InChI is InChI=1S/C12H19NO2S/c1-4-6-15-7-5-11(14)8-12-13-9(2)10(3)16-12/h4-8H2,1-3H3. The zero-order valence-electron chi connectivity index (χ0n) is 10.2. The molecule has 1 aromatic rings. The van der Waals surface area contributed by atoms with Gasteiger partial charge in [0.15, 0.2) is 0 Å². The summed E-state index contributed by atoms with van der Waals surface area (Å²) in [4.78, 5) is 17.1. The normalized spacial score (nSPS) is 10.7. The summed E-state index contributed by atoms with van der Waals surface area (Å²) in [6, 6.07) is 0. The second-order valence-corrected chi connectivity index (χ2v) is 5.11. The summed E-state index contributed by atoms with van der Waals surface area (Å²) < 4.78 is 5.28. The number of rotatable bonds is 7. The molecule has 0 aromatic carbocycles. The number of nitrogens with zero attached hydrogens (tertiary/aromatic N) is 1. The molecule has 0 bridgehead atoms. The number of hydrogen-bond donors (Lipinski definition) is 0. The van der Waals surface area contributed by atoms with Crippen LogP contribution >= 0.6 is 11.3 Å². The Balaban J connectivity index is 2.28. The van der Waals surface area contributed by atoms with Crippen molar-refractivity contribution in [3.8, 4) is 0 Å². The number of Topliss-reactive ketones (excluding diaryl/α,β-unsaturated/α-hetero) is 1. The number of carbonyl (C=O) groups excluding carboxylic acids is 1. The van der Waals surface area contributed by atoms with Crippen molar-refractivity contribution in [1.29, 1.82) is 0 Å². The summed E-state index contributed by atoms with van der Waals surface area (Å²) >= 11 is 1.61. The van der Waals surface area contributed by atoms with Gasteiger partial charge in [0.05, 0.1) is 18.7 Å². The molecule has 0 unspecified atom stereocenters. The van der Waals surface area contributed by atoms with E-state index in [1.807, 2.05) is 13.8 Å². The molecule has 4 heteroatoms. The van der Waals surface area contributed by atoms with Gasteiger partial charge in [0.2, 0.25) is 0 Å². The van der Waals surface area contributed by atoms with E-state index in [1.165, 1.54) is 4.88 Å². The number of thiazole rings is 1. The van der Waals surface area contributed by atoms with Gasteiger partial charge in [-0.15, -0.1) is 11.3 Å². The minimum absolute atomic E-state index is 0.213. The highest BCUT2D eigenvalue weighted by molar-refractivity contribution is 7.11. The molecule has 0 saturated carbocycles. The van der Waals surface area contributed by atoms with Gasteiger partial charge >= 0.3 is 0 Å². The van der Waals surface area contributed by atoms with E-state index >= 15 is 0 Å². The first-order chi connectivity index (χ1) is 7.63. The lowest BCUT2D eigenvalue weighted by molar-refractivity contribution is -0.119. The molecule has 0 spiro atoms. The van der Waals surface area contributed by atoms with Crippen molar-refractivity contribution < 1.29 is 9.53 Å². The van der Waals surface area contributed by atoms with Crippen LogP contribution in [0.5, 0.6) is 0 Å². The van der Waals surface area contributed by atoms with E-state index < -0.39 is 0 Å². The Morgan fingerprint density at radius 3 is 2.69 bits per heavy atom. The van der Waals surface area contributed by atoms with E-state index in [2.05, 4.69) is 11.9 Å². The Kier molecular flexibility index (Phi) is 5.63. The van der Waals surface area contributed by atoms with E-state index in [1.54, 1.807) is 11.3 Å². The maximum absolute atomic E-state index is 11.6. The number of aromatic nitrogens is 1. The maximum Gasteiger partial charge on any atom is 0.141 e. The van der Waals surface area contributed by atoms with Crippen LogP contribution in [0.15, 0.2) is 0 Å². The third kappa shape index (κ3) is 4.41. The number of ether oxygens (including phenoxy) is 1. The van der Waals surface area contributed by atoms with Gasteiger partial charge in [-0.05, 0) is 20.3 Å². The quantitative estimate of drug-likeness (QED) is 0.689. The van der Waals surface area contributed by atoms with Gasteiger partial charge in [-0.2, -0.15) is 0 Å². The highest BCUT2D eigenvalue weighted by Gasteiger charge is 2.08. The van der Waals surface area contributed by atoms with Gasteiger partial charge in [0.25, 0.3) is 0 Å². The molecule has 0 aliphatic carbocycles. The minimum Gasteiger partial charge on any atom is -0.381 e. The summed E-state index contributed by atoms with van der Waals surface area (Å²) in [5.41, 5.74) is 1.04. The fourth-order valence-corrected chi connectivity index (χ4v) is 2.27. The van der Waals surface area contributed by atoms with Crippen LogP contribution in [0.4, 0.5) is 0 Å². The van der Waals surface area contributed by atoms with Gasteiger partial charge in [-0.1, -0.05) is 6.92 Å². The molecule has 0 aliphatic rings. The van der Waals surface area contributed by atoms with Crippen molar-refractivity contribution in [2.75, 3.05) is 13.2 Å². The van der Waals surface area contributed by atoms with Gasteiger partial charge in [0.1, 0.15) is 10.8 Å². The molecule has 90 valence electrons. The lowest BCUT2D eigenvalue weighted by atomic mass is 10.2. The Bertz CT molecular complexity index is 327. The van der Waals surface area contributed by atoms with E-state index in [0.717, 1.165) is 23.7 Å². The second kappa shape index (κ2) is 6.76. The first-order valence-corrected chi connectivity index (χ1v) is 6.47. The molecule has 1 aromatic heterocycles. The Hall–Kier alpha value is -0.740. The van der Waals surface area contributed by atoms with Crippen LogP contribution in [-0.2, 0) is 16.0 Å². The van der Waals surface area contributed by atoms with Crippen molar-refractivity contribution in [3.63, 3.8) is 0 Å². The first kappa shape index (κ1) is 13.3. The van der Waals surface area contributed by atoms with Gasteiger partial charge in [-0.25, -0.2) is 4.98 Å². The fourth-order valence-electron chi connectivity index (χ4n) is 1.30. The van der Waals surface area contributed by atoms with E-state index in [9.17, 15) is 4.79 Å². The first-order valence-electron chi connectivity index (χ1n) is 5.65. The van der Waals surface area contributed by atoms with E-state index in [4.69, 9.17) is 4.74 Å². The third-order valence-electron chi connectivity index (χ3n) is 2.29. The van der Waals surface area contributed by atoms with Crippen molar-refractivity contribution in [2.24, 2.45) is 0 Å². The predicted molar refractivity (Wildman–Crippen MR) is 66.0 cm³/mol. The van der Waals surface area contributed by atoms with Crippen LogP contribution in [0, 0.1) is 13.8 Å². The molecule has 16 heavy (non-hydrogen) atoms. The van der Waals surface area contributed by atoms with Crippen LogP contribution in [0.25, 0.3) is 0 Å². The van der Waals surface area contributed by atoms with E-state index in [-0.39, 0.29) is 5.78 Å². The lowest BCUT2D eigenvalue weighted by Crippen LogP contribution is -2.07. The van der Waals surface area contributed by atoms with Crippen molar-refractivity contribution in [1.82, 2.24) is 4.98 Å². The monoisotopic (exact) mass is 241 g/mol. The topological polar surface area (TPSA) is 39.2 Å². The molecule has 1 rings (SSSR count). The number of carbonyl (C=O) groups is 1. The molecule has 0 N–H and O–H groups in total. The summed E-state index contributed by atoms with van der Waals surface area (Å²) in [5.74, 6) is 0.213. The second-order valence-electron chi connectivity index (χ2n) is 3.83. The number of aryl methyl sites for hydroxylation is 2. The minimum atomic E-state index is 0.213. The average molecular weight is 241 g/mol. The van der Waals surface area contributed by atoms with E-state index in [0.29, 0.717) is 19.4 Å². The third-order valence-corrected chi connectivity index (χ3v) is 3.37. The van der Waals surface area contributed by atoms with Crippen LogP contribution in [0.3, 0.4) is 0 Å². The molecule has 0 amide bonds. The summed E-state index contributed by atoms with van der Waals surface area (Å²) in [5, 5.41) is 0.926. The highest BCUT2D eigenvalue weighted by Crippen LogP contribution is 2.17. The molecule has 0 saturated heterocycles. The lowest BCUT2D eigenvalue weighted by Gasteiger charge is -2.00. The zero-order valence-corrected chi connectivity index (χ0v) is 11.0. The Labute approximate surface area is 101 Å². The van der Waals surface area contributed by atoms with Crippen molar-refractivity contribution in [2.45, 2.75) is 40.0 Å². The summed E-state index contributed by atoms with van der Waals surface area (Å²) in [7, 11) is 0. The Morgan fingerprint density at radius 2 is 2.12 bits per heavy atom. The van der Waals surface area contributed by atoms with Crippen LogP contribution in [-0.4, -0.2) is 24.0 Å². The zero-order chi connectivity index (χ0) is 12.0. The largest absolute Gasteiger partial charge is 0.381 e. The van der Waals surface area contributed by atoms with Crippen molar-refractivity contribution in [3.05, 3.63) is 15.6 Å². The summed E-state index contributed by atoms with van der Waals surface area (Å²) in [6.07, 6.45) is 1.95. The summed E-state index contributed by atoms with van der Waals surface area (Å²) in [6.45, 7) is 7.34. The SMILES string of the molecule is CCCOCCC(=O)Cc1nc(C)c(C)s1. The predicted octanol–water partition coefficient (Wildman–Crippen LogP) is 2.69. The molecular formula is C12H19NO2S.